The normalized spacial score (nSPS) is 12.9. The molecule has 0 radical (unpaired) electrons. The van der Waals surface area contributed by atoms with Crippen molar-refractivity contribution in [2.75, 3.05) is 6.54 Å². The van der Waals surface area contributed by atoms with Crippen LogP contribution in [0.1, 0.15) is 90.0 Å². The van der Waals surface area contributed by atoms with Crippen LogP contribution >= 0.6 is 0 Å². The number of hydrogen-bond acceptors (Lipinski definition) is 4. The van der Waals surface area contributed by atoms with Crippen LogP contribution in [-0.4, -0.2) is 41.0 Å². The number of benzene rings is 1. The molecule has 0 aliphatic heterocycles. The van der Waals surface area contributed by atoms with Crippen molar-refractivity contribution in [3.63, 3.8) is 0 Å². The van der Waals surface area contributed by atoms with E-state index in [1.54, 1.807) is 20.8 Å². The van der Waals surface area contributed by atoms with Crippen LogP contribution in [0.5, 0.6) is 0 Å². The number of terminal acetylenes is 1. The number of amides is 3. The van der Waals surface area contributed by atoms with Crippen molar-refractivity contribution in [2.24, 2.45) is 5.92 Å². The zero-order valence-corrected chi connectivity index (χ0v) is 22.7. The molecule has 0 aliphatic rings. The van der Waals surface area contributed by atoms with E-state index in [9.17, 15) is 14.4 Å². The van der Waals surface area contributed by atoms with E-state index in [1.165, 1.54) is 0 Å². The van der Waals surface area contributed by atoms with E-state index in [0.717, 1.165) is 35.3 Å². The second-order valence-electron chi connectivity index (χ2n) is 10.4. The van der Waals surface area contributed by atoms with Gasteiger partial charge in [-0.05, 0) is 64.5 Å². The number of carbonyl (C=O) groups excluding carboxylic acids is 3. The number of nitrogens with one attached hydrogen (secondary N) is 2. The molecule has 35 heavy (non-hydrogen) atoms. The number of ether oxygens (including phenoxy) is 1. The predicted molar refractivity (Wildman–Crippen MR) is 139 cm³/mol. The molecule has 1 rings (SSSR count). The Hall–Kier alpha value is -3.01. The van der Waals surface area contributed by atoms with E-state index in [2.05, 4.69) is 23.6 Å². The van der Waals surface area contributed by atoms with Crippen molar-refractivity contribution in [3.05, 3.63) is 34.9 Å². The van der Waals surface area contributed by atoms with Crippen LogP contribution in [0, 0.1) is 32.2 Å². The number of unbranched alkanes of at least 4 members (excludes halogenated alkanes) is 2. The molecule has 1 aromatic rings. The number of nitrogens with zero attached hydrogens (tertiary/aromatic N) is 1. The van der Waals surface area contributed by atoms with E-state index in [1.807, 2.05) is 45.9 Å². The first-order valence-electron chi connectivity index (χ1n) is 12.4. The molecule has 0 bridgehead atoms. The monoisotopic (exact) mass is 485 g/mol. The molecule has 0 aromatic heterocycles. The quantitative estimate of drug-likeness (QED) is 0.262. The summed E-state index contributed by atoms with van der Waals surface area (Å²) in [4.78, 5) is 40.8. The standard InChI is InChI=1S/C28H43N3O4/c1-10-12-13-16-29-25(32)24(22-18-20(5)14-15-21(22)6)31(11-2)26(33)23(17-19(3)4)30-27(34)35-28(7,8)9/h2,14-15,18-19,23-24H,10,12-13,16-17H2,1,3-9H3,(H,29,32)(H,30,34). The van der Waals surface area contributed by atoms with Crippen LogP contribution in [0.3, 0.4) is 0 Å². The first-order valence-corrected chi connectivity index (χ1v) is 12.4. The maximum atomic E-state index is 13.7. The van der Waals surface area contributed by atoms with Gasteiger partial charge in [-0.1, -0.05) is 63.8 Å². The molecular formula is C28H43N3O4. The van der Waals surface area contributed by atoms with Crippen molar-refractivity contribution < 1.29 is 19.1 Å². The number of rotatable bonds is 11. The van der Waals surface area contributed by atoms with Crippen LogP contribution < -0.4 is 10.6 Å². The maximum absolute atomic E-state index is 13.7. The Morgan fingerprint density at radius 1 is 1.14 bits per heavy atom. The molecule has 3 amide bonds. The summed E-state index contributed by atoms with van der Waals surface area (Å²) < 4.78 is 5.37. The summed E-state index contributed by atoms with van der Waals surface area (Å²) in [5, 5.41) is 5.61. The zero-order chi connectivity index (χ0) is 26.8. The van der Waals surface area contributed by atoms with Gasteiger partial charge in [-0.3, -0.25) is 14.5 Å². The van der Waals surface area contributed by atoms with E-state index in [4.69, 9.17) is 11.2 Å². The van der Waals surface area contributed by atoms with Gasteiger partial charge < -0.3 is 15.4 Å². The average Bonchev–Trinajstić information content (AvgIpc) is 2.74. The number of carbonyl (C=O) groups is 3. The minimum absolute atomic E-state index is 0.0838. The number of aryl methyl sites for hydroxylation is 2. The Morgan fingerprint density at radius 2 is 1.80 bits per heavy atom. The molecular weight excluding hydrogens is 442 g/mol. The van der Waals surface area contributed by atoms with E-state index in [-0.39, 0.29) is 11.8 Å². The Bertz CT molecular complexity index is 912. The lowest BCUT2D eigenvalue weighted by atomic mass is 9.95. The van der Waals surface area contributed by atoms with Crippen LogP contribution in [0.15, 0.2) is 18.2 Å². The molecule has 0 fully saturated rings. The van der Waals surface area contributed by atoms with Gasteiger partial charge in [0.1, 0.15) is 17.7 Å². The van der Waals surface area contributed by atoms with E-state index >= 15 is 0 Å². The fourth-order valence-corrected chi connectivity index (χ4v) is 3.71. The highest BCUT2D eigenvalue weighted by Gasteiger charge is 2.36. The number of hydrogen-bond donors (Lipinski definition) is 2. The van der Waals surface area contributed by atoms with Crippen molar-refractivity contribution >= 4 is 17.9 Å². The molecule has 0 saturated heterocycles. The largest absolute Gasteiger partial charge is 0.444 e. The minimum Gasteiger partial charge on any atom is -0.444 e. The topological polar surface area (TPSA) is 87.7 Å². The Kier molecular flexibility index (Phi) is 11.8. The van der Waals surface area contributed by atoms with E-state index < -0.39 is 29.7 Å². The fourth-order valence-electron chi connectivity index (χ4n) is 3.71. The van der Waals surface area contributed by atoms with Crippen LogP contribution in [0.4, 0.5) is 4.79 Å². The van der Waals surface area contributed by atoms with Gasteiger partial charge in [0.2, 0.25) is 5.91 Å². The molecule has 0 heterocycles. The minimum atomic E-state index is -1.02. The lowest BCUT2D eigenvalue weighted by molar-refractivity contribution is -0.138. The van der Waals surface area contributed by atoms with Gasteiger partial charge in [-0.2, -0.15) is 0 Å². The van der Waals surface area contributed by atoms with Crippen molar-refractivity contribution in [1.29, 1.82) is 0 Å². The summed E-state index contributed by atoms with van der Waals surface area (Å²) >= 11 is 0. The molecule has 2 unspecified atom stereocenters. The summed E-state index contributed by atoms with van der Waals surface area (Å²) in [6, 6.07) is 6.20. The lowest BCUT2D eigenvalue weighted by Gasteiger charge is -2.31. The third kappa shape index (κ3) is 10.0. The SMILES string of the molecule is C#CN(C(=O)C(CC(C)C)NC(=O)OC(C)(C)C)C(C(=O)NCCCCC)c1cc(C)ccc1C. The molecule has 194 valence electrons. The highest BCUT2D eigenvalue weighted by molar-refractivity contribution is 5.93. The van der Waals surface area contributed by atoms with Gasteiger partial charge in [-0.25, -0.2) is 4.79 Å². The second-order valence-corrected chi connectivity index (χ2v) is 10.4. The summed E-state index contributed by atoms with van der Waals surface area (Å²) in [7, 11) is 0. The Morgan fingerprint density at radius 3 is 2.34 bits per heavy atom. The summed E-state index contributed by atoms with van der Waals surface area (Å²) in [5.74, 6) is -0.788. The maximum Gasteiger partial charge on any atom is 0.408 e. The molecule has 1 aromatic carbocycles. The molecule has 2 atom stereocenters. The van der Waals surface area contributed by atoms with Gasteiger partial charge in [0, 0.05) is 12.6 Å². The first-order chi connectivity index (χ1) is 16.3. The number of alkyl carbamates (subject to hydrolysis) is 1. The van der Waals surface area contributed by atoms with Gasteiger partial charge in [-0.15, -0.1) is 0 Å². The fraction of sp³-hybridized carbons (Fsp3) is 0.607. The average molecular weight is 486 g/mol. The van der Waals surface area contributed by atoms with Gasteiger partial charge in [0.25, 0.3) is 5.91 Å². The first kappa shape index (κ1) is 30.0. The third-order valence-electron chi connectivity index (χ3n) is 5.39. The summed E-state index contributed by atoms with van der Waals surface area (Å²) in [5.41, 5.74) is 1.73. The molecule has 0 aliphatic carbocycles. The van der Waals surface area contributed by atoms with E-state index in [0.29, 0.717) is 18.5 Å². The van der Waals surface area contributed by atoms with Crippen molar-refractivity contribution in [3.8, 4) is 12.5 Å². The lowest BCUT2D eigenvalue weighted by Crippen LogP contribution is -2.52. The molecule has 0 saturated carbocycles. The van der Waals surface area contributed by atoms with Crippen LogP contribution in [-0.2, 0) is 14.3 Å². The van der Waals surface area contributed by atoms with Crippen molar-refractivity contribution in [2.45, 2.75) is 98.8 Å². The summed E-state index contributed by atoms with van der Waals surface area (Å²) in [6.07, 6.45) is 8.33. The smallest absolute Gasteiger partial charge is 0.408 e. The van der Waals surface area contributed by atoms with Gasteiger partial charge >= 0.3 is 6.09 Å². The molecule has 7 nitrogen and oxygen atoms in total. The Balaban J connectivity index is 3.38. The van der Waals surface area contributed by atoms with Crippen LogP contribution in [0.2, 0.25) is 0 Å². The highest BCUT2D eigenvalue weighted by atomic mass is 16.6. The van der Waals surface area contributed by atoms with Crippen LogP contribution in [0.25, 0.3) is 0 Å². The van der Waals surface area contributed by atoms with Gasteiger partial charge in [0.15, 0.2) is 0 Å². The highest BCUT2D eigenvalue weighted by Crippen LogP contribution is 2.27. The molecule has 2 N–H and O–H groups in total. The molecule has 7 heteroatoms. The second kappa shape index (κ2) is 13.8. The zero-order valence-electron chi connectivity index (χ0n) is 22.7. The molecule has 0 spiro atoms. The third-order valence-corrected chi connectivity index (χ3v) is 5.39. The van der Waals surface area contributed by atoms with Crippen molar-refractivity contribution in [1.82, 2.24) is 15.5 Å². The predicted octanol–water partition coefficient (Wildman–Crippen LogP) is 5.01. The summed E-state index contributed by atoms with van der Waals surface area (Å²) in [6.45, 7) is 15.5. The Labute approximate surface area is 211 Å². The van der Waals surface area contributed by atoms with Gasteiger partial charge in [0.05, 0.1) is 0 Å².